The molecule has 1 atom stereocenters. The molecule has 130 valence electrons. The lowest BCUT2D eigenvalue weighted by atomic mass is 9.98. The van der Waals surface area contributed by atoms with Crippen molar-refractivity contribution < 1.29 is 9.18 Å². The SMILES string of the molecule is O=C(Nc1ccc(F)cc1)N1CCC(N2CCc3ccccc3C2)C1. The Labute approximate surface area is 147 Å². The number of halogens is 1. The fraction of sp³-hybridized carbons (Fsp3) is 0.350. The minimum Gasteiger partial charge on any atom is -0.323 e. The van der Waals surface area contributed by atoms with E-state index in [1.165, 1.54) is 23.3 Å². The van der Waals surface area contributed by atoms with E-state index in [4.69, 9.17) is 0 Å². The van der Waals surface area contributed by atoms with Gasteiger partial charge in [-0.3, -0.25) is 4.90 Å². The summed E-state index contributed by atoms with van der Waals surface area (Å²) in [5.74, 6) is -0.301. The Morgan fingerprint density at radius 1 is 1.04 bits per heavy atom. The summed E-state index contributed by atoms with van der Waals surface area (Å²) in [6, 6.07) is 14.8. The number of urea groups is 1. The highest BCUT2D eigenvalue weighted by Gasteiger charge is 2.31. The maximum atomic E-state index is 13.0. The number of amides is 2. The molecule has 0 radical (unpaired) electrons. The molecule has 2 aromatic carbocycles. The first-order chi connectivity index (χ1) is 12.2. The lowest BCUT2D eigenvalue weighted by molar-refractivity contribution is 0.177. The molecule has 0 aliphatic carbocycles. The van der Waals surface area contributed by atoms with Crippen LogP contribution in [0.5, 0.6) is 0 Å². The molecule has 0 bridgehead atoms. The van der Waals surface area contributed by atoms with Crippen LogP contribution in [0, 0.1) is 5.82 Å². The van der Waals surface area contributed by atoms with Crippen molar-refractivity contribution in [3.63, 3.8) is 0 Å². The number of likely N-dealkylation sites (tertiary alicyclic amines) is 1. The van der Waals surface area contributed by atoms with Gasteiger partial charge in [-0.25, -0.2) is 9.18 Å². The first kappa shape index (κ1) is 16.1. The van der Waals surface area contributed by atoms with Crippen molar-refractivity contribution in [1.82, 2.24) is 9.80 Å². The number of carbonyl (C=O) groups excluding carboxylic acids is 1. The highest BCUT2D eigenvalue weighted by atomic mass is 19.1. The zero-order valence-corrected chi connectivity index (χ0v) is 14.1. The van der Waals surface area contributed by atoms with Crippen LogP contribution in [-0.2, 0) is 13.0 Å². The third-order valence-corrected chi connectivity index (χ3v) is 5.22. The smallest absolute Gasteiger partial charge is 0.321 e. The number of benzene rings is 2. The van der Waals surface area contributed by atoms with Gasteiger partial charge in [0.25, 0.3) is 0 Å². The van der Waals surface area contributed by atoms with Crippen LogP contribution >= 0.6 is 0 Å². The van der Waals surface area contributed by atoms with Gasteiger partial charge in [0.1, 0.15) is 5.82 Å². The summed E-state index contributed by atoms with van der Waals surface area (Å²) < 4.78 is 13.0. The fourth-order valence-electron chi connectivity index (χ4n) is 3.79. The highest BCUT2D eigenvalue weighted by molar-refractivity contribution is 5.89. The van der Waals surface area contributed by atoms with Crippen LogP contribution in [0.25, 0.3) is 0 Å². The zero-order chi connectivity index (χ0) is 17.2. The van der Waals surface area contributed by atoms with E-state index in [1.54, 1.807) is 12.1 Å². The molecule has 1 unspecified atom stereocenters. The molecule has 25 heavy (non-hydrogen) atoms. The number of nitrogens with zero attached hydrogens (tertiary/aromatic N) is 2. The maximum absolute atomic E-state index is 13.0. The number of anilines is 1. The molecule has 4 nitrogen and oxygen atoms in total. The van der Waals surface area contributed by atoms with Crippen LogP contribution in [0.2, 0.25) is 0 Å². The Balaban J connectivity index is 1.35. The monoisotopic (exact) mass is 339 g/mol. The number of hydrogen-bond acceptors (Lipinski definition) is 2. The summed E-state index contributed by atoms with van der Waals surface area (Å²) in [4.78, 5) is 16.8. The lowest BCUT2D eigenvalue weighted by Gasteiger charge is -2.33. The summed E-state index contributed by atoms with van der Waals surface area (Å²) >= 11 is 0. The van der Waals surface area contributed by atoms with Gasteiger partial charge in [0.15, 0.2) is 0 Å². The summed E-state index contributed by atoms with van der Waals surface area (Å²) in [5, 5.41) is 2.85. The van der Waals surface area contributed by atoms with E-state index >= 15 is 0 Å². The van der Waals surface area contributed by atoms with Crippen molar-refractivity contribution >= 4 is 11.7 Å². The first-order valence-electron chi connectivity index (χ1n) is 8.81. The van der Waals surface area contributed by atoms with E-state index in [-0.39, 0.29) is 11.8 Å². The van der Waals surface area contributed by atoms with Gasteiger partial charge in [0, 0.05) is 37.9 Å². The number of hydrogen-bond donors (Lipinski definition) is 1. The third kappa shape index (κ3) is 3.51. The van der Waals surface area contributed by atoms with E-state index in [9.17, 15) is 9.18 Å². The normalized spacial score (nSPS) is 20.4. The van der Waals surface area contributed by atoms with Gasteiger partial charge in [-0.05, 0) is 48.2 Å². The summed E-state index contributed by atoms with van der Waals surface area (Å²) in [6.45, 7) is 3.52. The third-order valence-electron chi connectivity index (χ3n) is 5.22. The molecule has 0 saturated carbocycles. The Kier molecular flexibility index (Phi) is 4.40. The topological polar surface area (TPSA) is 35.6 Å². The molecule has 2 heterocycles. The van der Waals surface area contributed by atoms with Crippen LogP contribution in [0.1, 0.15) is 17.5 Å². The van der Waals surface area contributed by atoms with E-state index in [0.29, 0.717) is 11.7 Å². The number of fused-ring (bicyclic) bond motifs is 1. The molecule has 1 saturated heterocycles. The molecule has 2 aromatic rings. The predicted molar refractivity (Wildman–Crippen MR) is 96.0 cm³/mol. The quantitative estimate of drug-likeness (QED) is 0.909. The molecule has 5 heteroatoms. The van der Waals surface area contributed by atoms with Crippen LogP contribution in [-0.4, -0.2) is 41.5 Å². The second-order valence-corrected chi connectivity index (χ2v) is 6.81. The second kappa shape index (κ2) is 6.84. The van der Waals surface area contributed by atoms with E-state index in [2.05, 4.69) is 34.5 Å². The van der Waals surface area contributed by atoms with Gasteiger partial charge in [-0.15, -0.1) is 0 Å². The van der Waals surface area contributed by atoms with Crippen molar-refractivity contribution in [3.8, 4) is 0 Å². The number of rotatable bonds is 2. The van der Waals surface area contributed by atoms with Gasteiger partial charge in [-0.2, -0.15) is 0 Å². The number of nitrogens with one attached hydrogen (secondary N) is 1. The molecule has 1 fully saturated rings. The molecule has 0 spiro atoms. The average molecular weight is 339 g/mol. The van der Waals surface area contributed by atoms with Gasteiger partial charge in [-0.1, -0.05) is 24.3 Å². The zero-order valence-electron chi connectivity index (χ0n) is 14.1. The Morgan fingerprint density at radius 2 is 1.80 bits per heavy atom. The average Bonchev–Trinajstić information content (AvgIpc) is 3.13. The second-order valence-electron chi connectivity index (χ2n) is 6.81. The Morgan fingerprint density at radius 3 is 2.60 bits per heavy atom. The number of carbonyl (C=O) groups is 1. The van der Waals surface area contributed by atoms with E-state index in [0.717, 1.165) is 39.0 Å². The summed E-state index contributed by atoms with van der Waals surface area (Å²) in [5.41, 5.74) is 3.48. The lowest BCUT2D eigenvalue weighted by Crippen LogP contribution is -2.42. The van der Waals surface area contributed by atoms with Gasteiger partial charge in [0.2, 0.25) is 0 Å². The molecule has 1 N–H and O–H groups in total. The summed E-state index contributed by atoms with van der Waals surface area (Å²) in [7, 11) is 0. The molecule has 2 aliphatic rings. The van der Waals surface area contributed by atoms with Crippen molar-refractivity contribution in [2.75, 3.05) is 25.0 Å². The Hall–Kier alpha value is -2.40. The van der Waals surface area contributed by atoms with Crippen LogP contribution in [0.4, 0.5) is 14.9 Å². The van der Waals surface area contributed by atoms with Gasteiger partial charge in [0.05, 0.1) is 0 Å². The minimum atomic E-state index is -0.301. The van der Waals surface area contributed by atoms with Gasteiger partial charge < -0.3 is 10.2 Å². The predicted octanol–water partition coefficient (Wildman–Crippen LogP) is 3.49. The van der Waals surface area contributed by atoms with Crippen molar-refractivity contribution in [2.24, 2.45) is 0 Å². The standard InChI is InChI=1S/C20H22FN3O/c21-17-5-7-18(8-6-17)22-20(25)24-12-10-19(14-24)23-11-9-15-3-1-2-4-16(15)13-23/h1-8,19H,9-14H2,(H,22,25). The van der Waals surface area contributed by atoms with Crippen molar-refractivity contribution in [1.29, 1.82) is 0 Å². The summed E-state index contributed by atoms with van der Waals surface area (Å²) in [6.07, 6.45) is 2.08. The largest absolute Gasteiger partial charge is 0.323 e. The minimum absolute atomic E-state index is 0.105. The van der Waals surface area contributed by atoms with E-state index in [1.807, 2.05) is 4.90 Å². The molecule has 4 rings (SSSR count). The molecular weight excluding hydrogens is 317 g/mol. The Bertz CT molecular complexity index is 762. The fourth-order valence-corrected chi connectivity index (χ4v) is 3.79. The molecule has 2 amide bonds. The van der Waals surface area contributed by atoms with Gasteiger partial charge >= 0.3 is 6.03 Å². The van der Waals surface area contributed by atoms with Crippen molar-refractivity contribution in [2.45, 2.75) is 25.4 Å². The van der Waals surface area contributed by atoms with E-state index < -0.39 is 0 Å². The van der Waals surface area contributed by atoms with Crippen LogP contribution in [0.3, 0.4) is 0 Å². The first-order valence-corrected chi connectivity index (χ1v) is 8.81. The van der Waals surface area contributed by atoms with Crippen LogP contribution < -0.4 is 5.32 Å². The van der Waals surface area contributed by atoms with Crippen LogP contribution in [0.15, 0.2) is 48.5 Å². The molecule has 2 aliphatic heterocycles. The maximum Gasteiger partial charge on any atom is 0.321 e. The van der Waals surface area contributed by atoms with Crippen molar-refractivity contribution in [3.05, 3.63) is 65.5 Å². The molecular formula is C20H22FN3O. The highest BCUT2D eigenvalue weighted by Crippen LogP contribution is 2.24. The molecule has 0 aromatic heterocycles.